The van der Waals surface area contributed by atoms with E-state index >= 15 is 0 Å². The molecule has 20 heavy (non-hydrogen) atoms. The molecule has 1 aliphatic rings. The highest BCUT2D eigenvalue weighted by atomic mass is 32.2. The van der Waals surface area contributed by atoms with Crippen molar-refractivity contribution in [2.75, 3.05) is 0 Å². The Bertz CT molecular complexity index is 695. The highest BCUT2D eigenvalue weighted by molar-refractivity contribution is 7.89. The quantitative estimate of drug-likeness (QED) is 0.894. The van der Waals surface area contributed by atoms with Crippen LogP contribution in [0.15, 0.2) is 33.9 Å². The van der Waals surface area contributed by atoms with E-state index in [4.69, 9.17) is 4.52 Å². The summed E-state index contributed by atoms with van der Waals surface area (Å²) in [6.07, 6.45) is 4.93. The maximum absolute atomic E-state index is 12.1. The molecule has 8 heteroatoms. The summed E-state index contributed by atoms with van der Waals surface area (Å²) in [6, 6.07) is 2.46. The second kappa shape index (κ2) is 4.95. The van der Waals surface area contributed by atoms with Crippen LogP contribution in [0.1, 0.15) is 43.4 Å². The Morgan fingerprint density at radius 1 is 1.45 bits per heavy atom. The van der Waals surface area contributed by atoms with Gasteiger partial charge in [-0.3, -0.25) is 4.98 Å². The number of nitrogens with one attached hydrogen (secondary N) is 1. The third-order valence-corrected chi connectivity index (χ3v) is 4.57. The van der Waals surface area contributed by atoms with Crippen molar-refractivity contribution in [2.24, 2.45) is 0 Å². The van der Waals surface area contributed by atoms with Gasteiger partial charge in [-0.25, -0.2) is 8.42 Å². The number of hydrogen-bond acceptors (Lipinski definition) is 6. The molecule has 0 radical (unpaired) electrons. The Morgan fingerprint density at radius 2 is 2.25 bits per heavy atom. The largest absolute Gasteiger partial charge is 0.338 e. The molecule has 2 aromatic rings. The molecule has 0 aliphatic heterocycles. The molecule has 1 atom stereocenters. The number of aromatic nitrogens is 3. The van der Waals surface area contributed by atoms with Crippen LogP contribution < -0.4 is 4.72 Å². The third-order valence-electron chi connectivity index (χ3n) is 3.05. The van der Waals surface area contributed by atoms with Gasteiger partial charge >= 0.3 is 0 Å². The van der Waals surface area contributed by atoms with E-state index in [1.54, 1.807) is 13.0 Å². The van der Waals surface area contributed by atoms with Crippen molar-refractivity contribution in [3.05, 3.63) is 36.2 Å². The highest BCUT2D eigenvalue weighted by Crippen LogP contribution is 2.38. The number of hydrogen-bond donors (Lipinski definition) is 1. The first-order valence-electron chi connectivity index (χ1n) is 6.32. The normalized spacial score (nSPS) is 17.1. The lowest BCUT2D eigenvalue weighted by molar-refractivity contribution is 0.349. The van der Waals surface area contributed by atoms with Crippen molar-refractivity contribution >= 4 is 10.0 Å². The molecule has 0 spiro atoms. The molecular formula is C12H14N4O3S. The summed E-state index contributed by atoms with van der Waals surface area (Å²) in [5.41, 5.74) is 0. The van der Waals surface area contributed by atoms with Crippen molar-refractivity contribution in [3.63, 3.8) is 0 Å². The van der Waals surface area contributed by atoms with Gasteiger partial charge in [0.15, 0.2) is 5.82 Å². The van der Waals surface area contributed by atoms with Gasteiger partial charge in [0.2, 0.25) is 15.9 Å². The summed E-state index contributed by atoms with van der Waals surface area (Å²) >= 11 is 0. The van der Waals surface area contributed by atoms with Crippen LogP contribution in [0.4, 0.5) is 0 Å². The molecule has 1 fully saturated rings. The average molecular weight is 294 g/mol. The Kier molecular flexibility index (Phi) is 3.27. The summed E-state index contributed by atoms with van der Waals surface area (Å²) in [7, 11) is -3.64. The maximum atomic E-state index is 12.1. The molecule has 1 aliphatic carbocycles. The van der Waals surface area contributed by atoms with Crippen LogP contribution in [0, 0.1) is 0 Å². The first-order valence-corrected chi connectivity index (χ1v) is 7.80. The van der Waals surface area contributed by atoms with Gasteiger partial charge in [-0.15, -0.1) is 0 Å². The number of pyridine rings is 1. The number of nitrogens with zero attached hydrogens (tertiary/aromatic N) is 3. The van der Waals surface area contributed by atoms with Crippen molar-refractivity contribution in [1.82, 2.24) is 19.8 Å². The summed E-state index contributed by atoms with van der Waals surface area (Å²) in [5, 5.41) is 3.87. The third kappa shape index (κ3) is 2.70. The minimum Gasteiger partial charge on any atom is -0.338 e. The van der Waals surface area contributed by atoms with E-state index in [0.717, 1.165) is 12.8 Å². The summed E-state index contributed by atoms with van der Waals surface area (Å²) in [5.74, 6) is 1.31. The van der Waals surface area contributed by atoms with E-state index in [1.807, 2.05) is 0 Å². The van der Waals surface area contributed by atoms with Gasteiger partial charge in [0.05, 0.1) is 6.04 Å². The van der Waals surface area contributed by atoms with E-state index in [-0.39, 0.29) is 10.8 Å². The molecular weight excluding hydrogens is 280 g/mol. The molecule has 0 saturated heterocycles. The van der Waals surface area contributed by atoms with Gasteiger partial charge in [-0.05, 0) is 31.9 Å². The molecule has 0 bridgehead atoms. The number of sulfonamides is 1. The SMILES string of the molecule is CC(NS(=O)(=O)c1cccnc1)c1nc(C2CC2)no1. The van der Waals surface area contributed by atoms with Gasteiger partial charge in [0, 0.05) is 18.3 Å². The molecule has 2 aromatic heterocycles. The zero-order valence-electron chi connectivity index (χ0n) is 10.9. The minimum absolute atomic E-state index is 0.105. The van der Waals surface area contributed by atoms with Gasteiger partial charge in [0.1, 0.15) is 4.90 Å². The van der Waals surface area contributed by atoms with Crippen LogP contribution in [-0.2, 0) is 10.0 Å². The first-order chi connectivity index (χ1) is 9.56. The molecule has 1 unspecified atom stereocenters. The average Bonchev–Trinajstić information content (AvgIpc) is 3.17. The van der Waals surface area contributed by atoms with E-state index in [1.165, 1.54) is 18.5 Å². The van der Waals surface area contributed by atoms with E-state index in [0.29, 0.717) is 11.7 Å². The Balaban J connectivity index is 1.75. The van der Waals surface area contributed by atoms with Gasteiger partial charge < -0.3 is 4.52 Å². The molecule has 7 nitrogen and oxygen atoms in total. The van der Waals surface area contributed by atoms with Crippen molar-refractivity contribution in [3.8, 4) is 0 Å². The zero-order chi connectivity index (χ0) is 14.2. The zero-order valence-corrected chi connectivity index (χ0v) is 11.7. The van der Waals surface area contributed by atoms with Crippen LogP contribution in [0.2, 0.25) is 0 Å². The smallest absolute Gasteiger partial charge is 0.244 e. The molecule has 106 valence electrons. The van der Waals surface area contributed by atoms with Crippen molar-refractivity contribution in [1.29, 1.82) is 0 Å². The summed E-state index contributed by atoms with van der Waals surface area (Å²) < 4.78 is 31.9. The lowest BCUT2D eigenvalue weighted by Gasteiger charge is -2.09. The molecule has 0 amide bonds. The second-order valence-corrected chi connectivity index (χ2v) is 6.51. The van der Waals surface area contributed by atoms with E-state index in [9.17, 15) is 8.42 Å². The van der Waals surface area contributed by atoms with Gasteiger partial charge in [-0.2, -0.15) is 9.71 Å². The minimum atomic E-state index is -3.64. The predicted molar refractivity (Wildman–Crippen MR) is 69.2 cm³/mol. The molecule has 1 saturated carbocycles. The van der Waals surface area contributed by atoms with Gasteiger partial charge in [0.25, 0.3) is 0 Å². The first kappa shape index (κ1) is 13.2. The Hall–Kier alpha value is -1.80. The lowest BCUT2D eigenvalue weighted by Crippen LogP contribution is -2.27. The highest BCUT2D eigenvalue weighted by Gasteiger charge is 2.30. The standard InChI is InChI=1S/C12H14N4O3S/c1-8(12-14-11(15-19-12)9-4-5-9)16-20(17,18)10-3-2-6-13-7-10/h2-3,6-9,16H,4-5H2,1H3. The van der Waals surface area contributed by atoms with Crippen molar-refractivity contribution in [2.45, 2.75) is 36.6 Å². The van der Waals surface area contributed by atoms with Crippen molar-refractivity contribution < 1.29 is 12.9 Å². The van der Waals surface area contributed by atoms with Crippen LogP contribution in [-0.4, -0.2) is 23.5 Å². The Labute approximate surface area is 116 Å². The fourth-order valence-corrected chi connectivity index (χ4v) is 2.95. The molecule has 0 aromatic carbocycles. The fourth-order valence-electron chi connectivity index (χ4n) is 1.79. The summed E-state index contributed by atoms with van der Waals surface area (Å²) in [6.45, 7) is 1.66. The van der Waals surface area contributed by atoms with Crippen LogP contribution in [0.5, 0.6) is 0 Å². The van der Waals surface area contributed by atoms with Gasteiger partial charge in [-0.1, -0.05) is 5.16 Å². The summed E-state index contributed by atoms with van der Waals surface area (Å²) in [4.78, 5) is 8.13. The Morgan fingerprint density at radius 3 is 2.90 bits per heavy atom. The van der Waals surface area contributed by atoms with Crippen LogP contribution in [0.25, 0.3) is 0 Å². The second-order valence-electron chi connectivity index (χ2n) is 4.80. The monoisotopic (exact) mass is 294 g/mol. The predicted octanol–water partition coefficient (Wildman–Crippen LogP) is 1.38. The van der Waals surface area contributed by atoms with E-state index in [2.05, 4.69) is 19.8 Å². The topological polar surface area (TPSA) is 98.0 Å². The molecule has 2 heterocycles. The lowest BCUT2D eigenvalue weighted by atomic mass is 10.3. The fraction of sp³-hybridized carbons (Fsp3) is 0.417. The maximum Gasteiger partial charge on any atom is 0.244 e. The van der Waals surface area contributed by atoms with Crippen LogP contribution >= 0.6 is 0 Å². The molecule has 1 N–H and O–H groups in total. The van der Waals surface area contributed by atoms with E-state index < -0.39 is 16.1 Å². The number of rotatable bonds is 5. The molecule has 3 rings (SSSR count). The van der Waals surface area contributed by atoms with Crippen LogP contribution in [0.3, 0.4) is 0 Å².